The number of ether oxygens (including phenoxy) is 1. The topological polar surface area (TPSA) is 33.6 Å². The van der Waals surface area contributed by atoms with Crippen LogP contribution in [-0.4, -0.2) is 6.21 Å². The first-order valence-corrected chi connectivity index (χ1v) is 12.4. The normalized spacial score (nSPS) is 20.1. The first-order chi connectivity index (χ1) is 17.7. The van der Waals surface area contributed by atoms with Crippen molar-refractivity contribution in [3.63, 3.8) is 0 Å². The number of rotatable bonds is 6. The van der Waals surface area contributed by atoms with Gasteiger partial charge in [0.15, 0.2) is 0 Å². The van der Waals surface area contributed by atoms with Crippen LogP contribution in [0, 0.1) is 11.7 Å². The van der Waals surface area contributed by atoms with Crippen LogP contribution < -0.4 is 10.1 Å². The molecule has 1 N–H and O–H groups in total. The van der Waals surface area contributed by atoms with Crippen molar-refractivity contribution < 1.29 is 9.13 Å². The maximum Gasteiger partial charge on any atom is 0.123 e. The third-order valence-corrected chi connectivity index (χ3v) is 7.06. The van der Waals surface area contributed by atoms with E-state index in [-0.39, 0.29) is 11.9 Å². The lowest BCUT2D eigenvalue weighted by atomic mass is 9.77. The molecule has 36 heavy (non-hydrogen) atoms. The average molecular weight is 475 g/mol. The number of hydrogen-bond acceptors (Lipinski definition) is 3. The number of nitrogens with zero attached hydrogens (tertiary/aromatic N) is 1. The average Bonchev–Trinajstić information content (AvgIpc) is 3.42. The van der Waals surface area contributed by atoms with Crippen LogP contribution >= 0.6 is 0 Å². The highest BCUT2D eigenvalue weighted by molar-refractivity contribution is 5.82. The van der Waals surface area contributed by atoms with Gasteiger partial charge in [-0.05, 0) is 89.2 Å². The second kappa shape index (κ2) is 9.82. The molecule has 4 heteroatoms. The molecule has 1 aliphatic heterocycles. The summed E-state index contributed by atoms with van der Waals surface area (Å²) < 4.78 is 19.1. The summed E-state index contributed by atoms with van der Waals surface area (Å²) in [5, 5.41) is 3.78. The monoisotopic (exact) mass is 474 g/mol. The zero-order chi connectivity index (χ0) is 24.3. The first kappa shape index (κ1) is 22.3. The zero-order valence-electron chi connectivity index (χ0n) is 19.8. The molecule has 3 atom stereocenters. The van der Waals surface area contributed by atoms with Gasteiger partial charge in [-0.2, -0.15) is 0 Å². The highest BCUT2D eigenvalue weighted by Crippen LogP contribution is 2.49. The van der Waals surface area contributed by atoms with Gasteiger partial charge in [0.1, 0.15) is 18.2 Å². The van der Waals surface area contributed by atoms with E-state index in [4.69, 9.17) is 4.74 Å². The van der Waals surface area contributed by atoms with Gasteiger partial charge in [-0.25, -0.2) is 4.39 Å². The SMILES string of the molecule is Fc1cccc(COc2ccc(C=Nc3ccc([C@@H]4Nc5ccccc5[C@H]5C=CC[C@H]54)cc3)cc2)c1. The smallest absolute Gasteiger partial charge is 0.123 e. The van der Waals surface area contributed by atoms with Crippen LogP contribution in [0.4, 0.5) is 15.8 Å². The van der Waals surface area contributed by atoms with Crippen LogP contribution in [0.2, 0.25) is 0 Å². The lowest BCUT2D eigenvalue weighted by Gasteiger charge is -2.37. The van der Waals surface area contributed by atoms with E-state index in [1.54, 1.807) is 6.07 Å². The Balaban J connectivity index is 1.10. The van der Waals surface area contributed by atoms with Crippen molar-refractivity contribution in [3.8, 4) is 5.75 Å². The lowest BCUT2D eigenvalue weighted by molar-refractivity contribution is 0.305. The van der Waals surface area contributed by atoms with Crippen molar-refractivity contribution in [2.24, 2.45) is 10.9 Å². The molecule has 4 aromatic rings. The number of aliphatic imine (C=N–C) groups is 1. The highest BCUT2D eigenvalue weighted by atomic mass is 19.1. The van der Waals surface area contributed by atoms with Crippen molar-refractivity contribution in [3.05, 3.63) is 137 Å². The van der Waals surface area contributed by atoms with Crippen LogP contribution in [0.25, 0.3) is 0 Å². The Morgan fingerprint density at radius 2 is 1.75 bits per heavy atom. The molecule has 0 amide bonds. The second-order valence-electron chi connectivity index (χ2n) is 9.40. The Morgan fingerprint density at radius 3 is 2.58 bits per heavy atom. The molecule has 6 rings (SSSR count). The Morgan fingerprint density at radius 1 is 0.917 bits per heavy atom. The number of allylic oxidation sites excluding steroid dienone is 2. The summed E-state index contributed by atoms with van der Waals surface area (Å²) in [7, 11) is 0. The van der Waals surface area contributed by atoms with Crippen molar-refractivity contribution in [2.75, 3.05) is 5.32 Å². The molecule has 1 heterocycles. The van der Waals surface area contributed by atoms with Crippen molar-refractivity contribution in [1.29, 1.82) is 0 Å². The fraction of sp³-hybridized carbons (Fsp3) is 0.156. The third-order valence-electron chi connectivity index (χ3n) is 7.06. The molecule has 0 saturated heterocycles. The number of fused-ring (bicyclic) bond motifs is 3. The van der Waals surface area contributed by atoms with E-state index in [1.807, 2.05) is 36.5 Å². The van der Waals surface area contributed by atoms with Crippen LogP contribution in [0.1, 0.15) is 40.6 Å². The van der Waals surface area contributed by atoms with Gasteiger partial charge in [0.25, 0.3) is 0 Å². The Kier molecular flexibility index (Phi) is 6.08. The number of hydrogen-bond donors (Lipinski definition) is 1. The van der Waals surface area contributed by atoms with E-state index < -0.39 is 0 Å². The number of anilines is 1. The quantitative estimate of drug-likeness (QED) is 0.227. The van der Waals surface area contributed by atoms with Gasteiger partial charge in [-0.1, -0.05) is 54.6 Å². The summed E-state index contributed by atoms with van der Waals surface area (Å²) in [6.45, 7) is 0.330. The molecule has 1 aliphatic carbocycles. The fourth-order valence-corrected chi connectivity index (χ4v) is 5.23. The summed E-state index contributed by atoms with van der Waals surface area (Å²) in [5.74, 6) is 1.50. The van der Waals surface area contributed by atoms with E-state index in [0.717, 1.165) is 29.0 Å². The molecule has 0 spiro atoms. The maximum absolute atomic E-state index is 13.3. The largest absolute Gasteiger partial charge is 0.489 e. The van der Waals surface area contributed by atoms with Gasteiger partial charge < -0.3 is 10.1 Å². The number of para-hydroxylation sites is 1. The first-order valence-electron chi connectivity index (χ1n) is 12.4. The molecule has 2 aliphatic rings. The molecule has 0 bridgehead atoms. The molecular formula is C32H27FN2O. The van der Waals surface area contributed by atoms with Gasteiger partial charge in [0, 0.05) is 17.8 Å². The van der Waals surface area contributed by atoms with E-state index in [2.05, 4.69) is 71.0 Å². The summed E-state index contributed by atoms with van der Waals surface area (Å²) in [6.07, 6.45) is 7.65. The van der Waals surface area contributed by atoms with Gasteiger partial charge in [-0.3, -0.25) is 4.99 Å². The molecule has 0 fully saturated rings. The van der Waals surface area contributed by atoms with Crippen molar-refractivity contribution >= 4 is 17.6 Å². The summed E-state index contributed by atoms with van der Waals surface area (Å²) in [5.41, 5.74) is 6.64. The zero-order valence-corrected chi connectivity index (χ0v) is 19.8. The molecular weight excluding hydrogens is 447 g/mol. The minimum absolute atomic E-state index is 0.254. The van der Waals surface area contributed by atoms with Crippen molar-refractivity contribution in [1.82, 2.24) is 0 Å². The van der Waals surface area contributed by atoms with E-state index >= 15 is 0 Å². The van der Waals surface area contributed by atoms with Crippen LogP contribution in [0.5, 0.6) is 5.75 Å². The van der Waals surface area contributed by atoms with Gasteiger partial charge in [0.2, 0.25) is 0 Å². The summed E-state index contributed by atoms with van der Waals surface area (Å²) >= 11 is 0. The van der Waals surface area contributed by atoms with Gasteiger partial charge in [-0.15, -0.1) is 0 Å². The van der Waals surface area contributed by atoms with E-state index in [0.29, 0.717) is 18.4 Å². The molecule has 0 saturated carbocycles. The minimum atomic E-state index is -0.254. The summed E-state index contributed by atoms with van der Waals surface area (Å²) in [6, 6.07) is 31.7. The van der Waals surface area contributed by atoms with Crippen LogP contribution in [-0.2, 0) is 6.61 Å². The van der Waals surface area contributed by atoms with Crippen LogP contribution in [0.15, 0.2) is 114 Å². The Labute approximate surface area is 211 Å². The highest BCUT2D eigenvalue weighted by Gasteiger charge is 2.37. The molecule has 178 valence electrons. The van der Waals surface area contributed by atoms with Gasteiger partial charge >= 0.3 is 0 Å². The maximum atomic E-state index is 13.3. The third kappa shape index (κ3) is 4.67. The number of benzene rings is 4. The predicted molar refractivity (Wildman–Crippen MR) is 144 cm³/mol. The molecule has 3 nitrogen and oxygen atoms in total. The van der Waals surface area contributed by atoms with Gasteiger partial charge in [0.05, 0.1) is 11.7 Å². The molecule has 0 radical (unpaired) electrons. The summed E-state index contributed by atoms with van der Waals surface area (Å²) in [4.78, 5) is 4.66. The van der Waals surface area contributed by atoms with Crippen molar-refractivity contribution in [2.45, 2.75) is 25.0 Å². The second-order valence-corrected chi connectivity index (χ2v) is 9.40. The lowest BCUT2D eigenvalue weighted by Crippen LogP contribution is -2.28. The molecule has 0 unspecified atom stereocenters. The molecule has 4 aromatic carbocycles. The van der Waals surface area contributed by atoms with E-state index in [1.165, 1.54) is 28.9 Å². The van der Waals surface area contributed by atoms with E-state index in [9.17, 15) is 4.39 Å². The Hall–Kier alpha value is -4.18. The number of nitrogens with one attached hydrogen (secondary N) is 1. The fourth-order valence-electron chi connectivity index (χ4n) is 5.23. The van der Waals surface area contributed by atoms with Crippen LogP contribution in [0.3, 0.4) is 0 Å². The Bertz CT molecular complexity index is 1410. The predicted octanol–water partition coefficient (Wildman–Crippen LogP) is 7.98. The standard InChI is InChI=1S/C32H27FN2O/c33-25-6-3-5-23(19-25)21-36-27-17-11-22(12-18-27)20-34-26-15-13-24(14-16-26)32-30-9-4-8-28(30)29-7-1-2-10-31(29)35-32/h1-8,10-20,28,30,32,35H,9,21H2/t28-,30-,32+/m1/s1. The number of halogens is 1. The minimum Gasteiger partial charge on any atom is -0.489 e. The molecule has 0 aromatic heterocycles.